The van der Waals surface area contributed by atoms with Crippen molar-refractivity contribution in [1.82, 2.24) is 0 Å². The van der Waals surface area contributed by atoms with Gasteiger partial charge in [0, 0.05) is 6.42 Å². The Hall–Kier alpha value is 0.872. The number of carboxylic acids is 1. The average molecular weight is 278 g/mol. The van der Waals surface area contributed by atoms with Gasteiger partial charge in [-0.3, -0.25) is 4.79 Å². The Morgan fingerprint density at radius 3 is 1.79 bits per heavy atom. The zero-order valence-corrected chi connectivity index (χ0v) is 11.7. The largest absolute Gasteiger partial charge is 3.00 e. The fourth-order valence-corrected chi connectivity index (χ4v) is 0.880. The number of halogens is 3. The van der Waals surface area contributed by atoms with Crippen LogP contribution >= 0.6 is 0 Å². The molecule has 0 saturated carbocycles. The molecule has 0 aromatic heterocycles. The van der Waals surface area contributed by atoms with E-state index in [-0.39, 0.29) is 54.6 Å². The molecule has 0 amide bonds. The van der Waals surface area contributed by atoms with Gasteiger partial charge in [0.1, 0.15) is 0 Å². The van der Waals surface area contributed by atoms with Crippen molar-refractivity contribution in [2.45, 2.75) is 45.4 Å². The van der Waals surface area contributed by atoms with E-state index in [0.717, 1.165) is 12.8 Å². The number of carbonyl (C=O) groups is 1. The monoisotopic (exact) mass is 276 g/mol. The van der Waals surface area contributed by atoms with Gasteiger partial charge in [0.25, 0.3) is 0 Å². The maximum atomic E-state index is 10.0. The van der Waals surface area contributed by atoms with Crippen LogP contribution in [0.1, 0.15) is 45.4 Å². The van der Waals surface area contributed by atoms with Gasteiger partial charge < -0.3 is 42.3 Å². The summed E-state index contributed by atoms with van der Waals surface area (Å²) in [5.41, 5.74) is 0. The number of aliphatic carboxylic acids is 1. The second-order valence-corrected chi connectivity index (χ2v) is 2.56. The van der Waals surface area contributed by atoms with Crippen molar-refractivity contribution in [3.63, 3.8) is 0 Å². The molecule has 6 heteroatoms. The maximum absolute atomic E-state index is 10.0. The Labute approximate surface area is 116 Å². The first kappa shape index (κ1) is 29.4. The summed E-state index contributed by atoms with van der Waals surface area (Å²) in [7, 11) is 0. The summed E-state index contributed by atoms with van der Waals surface area (Å²) in [6, 6.07) is 0. The molecule has 0 radical (unpaired) electrons. The number of rotatable bonds is 6. The smallest absolute Gasteiger partial charge is 1.00 e. The fraction of sp³-hybridized carbons (Fsp3) is 0.875. The molecule has 0 heterocycles. The molecular weight excluding hydrogens is 261 g/mol. The van der Waals surface area contributed by atoms with E-state index in [0.29, 0.717) is 6.42 Å². The SMILES string of the molecule is CCCCCCCC(=O)O.[Al+3].[Cl-].[Cl-].[Cl-]. The summed E-state index contributed by atoms with van der Waals surface area (Å²) in [5.74, 6) is -0.670. The Balaban J connectivity index is -0.0000000675. The van der Waals surface area contributed by atoms with E-state index in [1.165, 1.54) is 19.3 Å². The van der Waals surface area contributed by atoms with Gasteiger partial charge in [-0.25, -0.2) is 0 Å². The third-order valence-corrected chi connectivity index (χ3v) is 1.49. The molecule has 0 aromatic rings. The topological polar surface area (TPSA) is 37.3 Å². The van der Waals surface area contributed by atoms with Crippen LogP contribution in [-0.2, 0) is 4.79 Å². The number of unbranched alkanes of at least 4 members (excludes halogenated alkanes) is 4. The molecule has 0 aromatic carbocycles. The van der Waals surface area contributed by atoms with Crippen LogP contribution in [0.2, 0.25) is 0 Å². The normalized spacial score (nSPS) is 6.93. The summed E-state index contributed by atoms with van der Waals surface area (Å²) >= 11 is 0. The van der Waals surface area contributed by atoms with Gasteiger partial charge in [-0.15, -0.1) is 0 Å². The van der Waals surface area contributed by atoms with E-state index in [9.17, 15) is 4.79 Å². The van der Waals surface area contributed by atoms with Crippen LogP contribution in [0.3, 0.4) is 0 Å². The first-order chi connectivity index (χ1) is 4.77. The number of carboxylic acid groups (broad SMARTS) is 1. The molecule has 0 aliphatic carbocycles. The minimum atomic E-state index is -0.670. The molecule has 84 valence electrons. The second kappa shape index (κ2) is 23.6. The summed E-state index contributed by atoms with van der Waals surface area (Å²) in [6.45, 7) is 2.15. The van der Waals surface area contributed by atoms with Crippen molar-refractivity contribution in [1.29, 1.82) is 0 Å². The van der Waals surface area contributed by atoms with E-state index in [1.54, 1.807) is 0 Å². The number of hydrogen-bond donors (Lipinski definition) is 1. The van der Waals surface area contributed by atoms with Crippen LogP contribution in [0.15, 0.2) is 0 Å². The predicted octanol–water partition coefficient (Wildman–Crippen LogP) is -6.94. The fourth-order valence-electron chi connectivity index (χ4n) is 0.880. The van der Waals surface area contributed by atoms with Crippen molar-refractivity contribution >= 4 is 23.3 Å². The molecule has 1 N–H and O–H groups in total. The van der Waals surface area contributed by atoms with Crippen molar-refractivity contribution in [3.8, 4) is 0 Å². The van der Waals surface area contributed by atoms with Crippen molar-refractivity contribution in [2.75, 3.05) is 0 Å². The molecule has 0 aliphatic rings. The van der Waals surface area contributed by atoms with Gasteiger partial charge in [-0.1, -0.05) is 32.6 Å². The Morgan fingerprint density at radius 2 is 1.43 bits per heavy atom. The summed E-state index contributed by atoms with van der Waals surface area (Å²) in [6.07, 6.45) is 5.88. The summed E-state index contributed by atoms with van der Waals surface area (Å²) in [5, 5.41) is 8.27. The van der Waals surface area contributed by atoms with E-state index in [4.69, 9.17) is 5.11 Å². The Kier molecular flexibility index (Phi) is 49.5. The minimum Gasteiger partial charge on any atom is -1.00 e. The molecule has 0 rings (SSSR count). The molecule has 0 spiro atoms. The molecular formula is C8H16AlCl3O2. The van der Waals surface area contributed by atoms with Gasteiger partial charge >= 0.3 is 23.3 Å². The summed E-state index contributed by atoms with van der Waals surface area (Å²) < 4.78 is 0. The van der Waals surface area contributed by atoms with Crippen LogP contribution < -0.4 is 37.2 Å². The van der Waals surface area contributed by atoms with Gasteiger partial charge in [0.15, 0.2) is 0 Å². The van der Waals surface area contributed by atoms with Crippen LogP contribution in [0.4, 0.5) is 0 Å². The molecule has 0 atom stereocenters. The third-order valence-electron chi connectivity index (χ3n) is 1.49. The molecule has 0 bridgehead atoms. The third kappa shape index (κ3) is 29.3. The van der Waals surface area contributed by atoms with Crippen molar-refractivity contribution < 1.29 is 47.1 Å². The second-order valence-electron chi connectivity index (χ2n) is 2.56. The van der Waals surface area contributed by atoms with Crippen LogP contribution in [0.5, 0.6) is 0 Å². The van der Waals surface area contributed by atoms with Gasteiger partial charge in [0.05, 0.1) is 0 Å². The van der Waals surface area contributed by atoms with E-state index >= 15 is 0 Å². The van der Waals surface area contributed by atoms with E-state index in [2.05, 4.69) is 6.92 Å². The van der Waals surface area contributed by atoms with Crippen molar-refractivity contribution in [2.24, 2.45) is 0 Å². The van der Waals surface area contributed by atoms with Crippen molar-refractivity contribution in [3.05, 3.63) is 0 Å². The maximum Gasteiger partial charge on any atom is 3.00 e. The predicted molar refractivity (Wildman–Crippen MR) is 46.8 cm³/mol. The minimum absolute atomic E-state index is 0. The van der Waals surface area contributed by atoms with Crippen LogP contribution in [0, 0.1) is 0 Å². The zero-order chi connectivity index (χ0) is 7.82. The molecule has 0 saturated heterocycles. The first-order valence-corrected chi connectivity index (χ1v) is 3.99. The van der Waals surface area contributed by atoms with Crippen LogP contribution in [0.25, 0.3) is 0 Å². The number of hydrogen-bond acceptors (Lipinski definition) is 1. The molecule has 0 unspecified atom stereocenters. The Bertz CT molecular complexity index is 105. The molecule has 0 aliphatic heterocycles. The summed E-state index contributed by atoms with van der Waals surface area (Å²) in [4.78, 5) is 10.0. The van der Waals surface area contributed by atoms with Gasteiger partial charge in [0.2, 0.25) is 0 Å². The molecule has 2 nitrogen and oxygen atoms in total. The molecule has 0 fully saturated rings. The molecule has 14 heavy (non-hydrogen) atoms. The Morgan fingerprint density at radius 1 is 1.00 bits per heavy atom. The first-order valence-electron chi connectivity index (χ1n) is 3.99. The quantitative estimate of drug-likeness (QED) is 0.387. The van der Waals surface area contributed by atoms with Crippen LogP contribution in [-0.4, -0.2) is 28.4 Å². The van der Waals surface area contributed by atoms with E-state index in [1.807, 2.05) is 0 Å². The van der Waals surface area contributed by atoms with E-state index < -0.39 is 5.97 Å². The zero-order valence-electron chi connectivity index (χ0n) is 8.31. The average Bonchev–Trinajstić information content (AvgIpc) is 1.87. The standard InChI is InChI=1S/C8H16O2.Al.3ClH/c1-2-3-4-5-6-7-8(9)10;;;;/h2-7H2,1H3,(H,9,10);;3*1H/q;+3;;;/p-3. The van der Waals surface area contributed by atoms with Gasteiger partial charge in [-0.2, -0.15) is 0 Å². The van der Waals surface area contributed by atoms with Gasteiger partial charge in [-0.05, 0) is 6.42 Å².